The predicted molar refractivity (Wildman–Crippen MR) is 72.5 cm³/mol. The molecule has 0 atom stereocenters. The van der Waals surface area contributed by atoms with Crippen molar-refractivity contribution in [2.75, 3.05) is 27.4 Å². The number of benzene rings is 1. The van der Waals surface area contributed by atoms with Gasteiger partial charge in [-0.3, -0.25) is 0 Å². The van der Waals surface area contributed by atoms with Crippen molar-refractivity contribution in [1.82, 2.24) is 0 Å². The van der Waals surface area contributed by atoms with E-state index in [1.807, 2.05) is 18.2 Å². The number of hydrogen-bond acceptors (Lipinski definition) is 4. The molecule has 0 fully saturated rings. The Kier molecular flexibility index (Phi) is 5.28. The first-order valence-electron chi connectivity index (χ1n) is 6.08. The Bertz CT molecular complexity index is 355. The summed E-state index contributed by atoms with van der Waals surface area (Å²) >= 11 is 0. The zero-order valence-corrected chi connectivity index (χ0v) is 11.7. The van der Waals surface area contributed by atoms with Crippen LogP contribution in [0.3, 0.4) is 0 Å². The lowest BCUT2D eigenvalue weighted by molar-refractivity contribution is 0.218. The Labute approximate surface area is 109 Å². The van der Waals surface area contributed by atoms with Gasteiger partial charge in [0.2, 0.25) is 5.75 Å². The molecule has 0 aliphatic heterocycles. The normalized spacial score (nSPS) is 11.2. The van der Waals surface area contributed by atoms with Crippen molar-refractivity contribution >= 4 is 0 Å². The third kappa shape index (κ3) is 3.81. The van der Waals surface area contributed by atoms with Gasteiger partial charge in [0.15, 0.2) is 11.5 Å². The van der Waals surface area contributed by atoms with Crippen LogP contribution in [0.5, 0.6) is 17.2 Å². The van der Waals surface area contributed by atoms with Crippen LogP contribution in [0, 0.1) is 5.41 Å². The Hall–Kier alpha value is -1.42. The molecule has 1 aromatic carbocycles. The average Bonchev–Trinajstić information content (AvgIpc) is 2.38. The highest BCUT2D eigenvalue weighted by atomic mass is 16.5. The van der Waals surface area contributed by atoms with Crippen molar-refractivity contribution in [3.63, 3.8) is 0 Å². The van der Waals surface area contributed by atoms with E-state index < -0.39 is 0 Å². The third-order valence-electron chi connectivity index (χ3n) is 2.96. The molecule has 4 nitrogen and oxygen atoms in total. The SMILES string of the molecule is COc1cccc(OC)c1OCCC(C)(C)CN. The molecule has 0 saturated carbocycles. The molecule has 18 heavy (non-hydrogen) atoms. The lowest BCUT2D eigenvalue weighted by Crippen LogP contribution is -2.25. The summed E-state index contributed by atoms with van der Waals surface area (Å²) in [5, 5.41) is 0. The number of para-hydroxylation sites is 1. The summed E-state index contributed by atoms with van der Waals surface area (Å²) in [4.78, 5) is 0. The summed E-state index contributed by atoms with van der Waals surface area (Å²) in [6.07, 6.45) is 0.880. The molecular weight excluding hydrogens is 230 g/mol. The largest absolute Gasteiger partial charge is 0.493 e. The molecule has 1 aromatic rings. The van der Waals surface area contributed by atoms with E-state index in [-0.39, 0.29) is 5.41 Å². The molecular formula is C14H23NO3. The van der Waals surface area contributed by atoms with Crippen LogP contribution < -0.4 is 19.9 Å². The van der Waals surface area contributed by atoms with Crippen molar-refractivity contribution in [3.8, 4) is 17.2 Å². The molecule has 4 heteroatoms. The Morgan fingerprint density at radius 3 is 2.11 bits per heavy atom. The number of ether oxygens (including phenoxy) is 3. The van der Waals surface area contributed by atoms with Gasteiger partial charge < -0.3 is 19.9 Å². The topological polar surface area (TPSA) is 53.7 Å². The molecule has 0 bridgehead atoms. The lowest BCUT2D eigenvalue weighted by Gasteiger charge is -2.22. The van der Waals surface area contributed by atoms with Crippen LogP contribution in [-0.2, 0) is 0 Å². The van der Waals surface area contributed by atoms with Crippen molar-refractivity contribution in [2.45, 2.75) is 20.3 Å². The predicted octanol–water partition coefficient (Wildman–Crippen LogP) is 2.46. The highest BCUT2D eigenvalue weighted by molar-refractivity contribution is 5.51. The van der Waals surface area contributed by atoms with E-state index in [2.05, 4.69) is 13.8 Å². The molecule has 0 unspecified atom stereocenters. The minimum Gasteiger partial charge on any atom is -0.493 e. The Morgan fingerprint density at radius 2 is 1.67 bits per heavy atom. The molecule has 0 radical (unpaired) electrons. The van der Waals surface area contributed by atoms with E-state index in [0.717, 1.165) is 6.42 Å². The van der Waals surface area contributed by atoms with E-state index in [9.17, 15) is 0 Å². The van der Waals surface area contributed by atoms with Gasteiger partial charge in [0.1, 0.15) is 0 Å². The first-order chi connectivity index (χ1) is 8.54. The summed E-state index contributed by atoms with van der Waals surface area (Å²) in [5.41, 5.74) is 5.77. The van der Waals surface area contributed by atoms with E-state index >= 15 is 0 Å². The van der Waals surface area contributed by atoms with E-state index in [4.69, 9.17) is 19.9 Å². The number of nitrogens with two attached hydrogens (primary N) is 1. The molecule has 0 aliphatic carbocycles. The van der Waals surface area contributed by atoms with Gasteiger partial charge in [-0.25, -0.2) is 0 Å². The Morgan fingerprint density at radius 1 is 1.11 bits per heavy atom. The number of hydrogen-bond donors (Lipinski definition) is 1. The van der Waals surface area contributed by atoms with Crippen molar-refractivity contribution in [1.29, 1.82) is 0 Å². The van der Waals surface area contributed by atoms with Gasteiger partial charge in [-0.2, -0.15) is 0 Å². The zero-order valence-electron chi connectivity index (χ0n) is 11.7. The van der Waals surface area contributed by atoms with Crippen LogP contribution in [0.2, 0.25) is 0 Å². The maximum absolute atomic E-state index is 5.78. The van der Waals surface area contributed by atoms with Gasteiger partial charge in [0.05, 0.1) is 20.8 Å². The lowest BCUT2D eigenvalue weighted by atomic mass is 9.90. The second-order valence-corrected chi connectivity index (χ2v) is 4.96. The average molecular weight is 253 g/mol. The maximum atomic E-state index is 5.78. The fourth-order valence-electron chi connectivity index (χ4n) is 1.49. The van der Waals surface area contributed by atoms with Crippen LogP contribution >= 0.6 is 0 Å². The summed E-state index contributed by atoms with van der Waals surface area (Å²) in [6, 6.07) is 5.58. The van der Waals surface area contributed by atoms with Gasteiger partial charge >= 0.3 is 0 Å². The molecule has 102 valence electrons. The third-order valence-corrected chi connectivity index (χ3v) is 2.96. The van der Waals surface area contributed by atoms with E-state index in [0.29, 0.717) is 30.4 Å². The van der Waals surface area contributed by atoms with Gasteiger partial charge in [-0.05, 0) is 30.5 Å². The van der Waals surface area contributed by atoms with Gasteiger partial charge in [0, 0.05) is 0 Å². The second kappa shape index (κ2) is 6.50. The van der Waals surface area contributed by atoms with Gasteiger partial charge in [-0.1, -0.05) is 19.9 Å². The molecule has 0 spiro atoms. The molecule has 0 heterocycles. The van der Waals surface area contributed by atoms with Gasteiger partial charge in [0.25, 0.3) is 0 Å². The quantitative estimate of drug-likeness (QED) is 0.811. The standard InChI is InChI=1S/C14H23NO3/c1-14(2,10-15)8-9-18-13-11(16-3)6-5-7-12(13)17-4/h5-7H,8-10,15H2,1-4H3. The Balaban J connectivity index is 2.71. The highest BCUT2D eigenvalue weighted by Gasteiger charge is 2.17. The van der Waals surface area contributed by atoms with Crippen LogP contribution in [0.4, 0.5) is 0 Å². The van der Waals surface area contributed by atoms with E-state index in [1.54, 1.807) is 14.2 Å². The van der Waals surface area contributed by atoms with Crippen molar-refractivity contribution < 1.29 is 14.2 Å². The fraction of sp³-hybridized carbons (Fsp3) is 0.571. The van der Waals surface area contributed by atoms with Gasteiger partial charge in [-0.15, -0.1) is 0 Å². The zero-order chi connectivity index (χ0) is 13.6. The number of rotatable bonds is 7. The molecule has 0 saturated heterocycles. The summed E-state index contributed by atoms with van der Waals surface area (Å²) in [6.45, 7) is 5.46. The monoisotopic (exact) mass is 253 g/mol. The van der Waals surface area contributed by atoms with Crippen LogP contribution in [0.15, 0.2) is 18.2 Å². The van der Waals surface area contributed by atoms with Crippen LogP contribution in [-0.4, -0.2) is 27.4 Å². The molecule has 0 aromatic heterocycles. The molecule has 0 amide bonds. The molecule has 1 rings (SSSR count). The van der Waals surface area contributed by atoms with Crippen molar-refractivity contribution in [2.24, 2.45) is 11.1 Å². The first-order valence-corrected chi connectivity index (χ1v) is 6.08. The first kappa shape index (κ1) is 14.6. The smallest absolute Gasteiger partial charge is 0.203 e. The fourth-order valence-corrected chi connectivity index (χ4v) is 1.49. The summed E-state index contributed by atoms with van der Waals surface area (Å²) in [5.74, 6) is 2.01. The maximum Gasteiger partial charge on any atom is 0.203 e. The van der Waals surface area contributed by atoms with E-state index in [1.165, 1.54) is 0 Å². The highest BCUT2D eigenvalue weighted by Crippen LogP contribution is 2.37. The minimum atomic E-state index is 0.0786. The van der Waals surface area contributed by atoms with Crippen molar-refractivity contribution in [3.05, 3.63) is 18.2 Å². The summed E-state index contributed by atoms with van der Waals surface area (Å²) in [7, 11) is 3.23. The van der Waals surface area contributed by atoms with Crippen LogP contribution in [0.1, 0.15) is 20.3 Å². The summed E-state index contributed by atoms with van der Waals surface area (Å²) < 4.78 is 16.3. The van der Waals surface area contributed by atoms with Crippen LogP contribution in [0.25, 0.3) is 0 Å². The second-order valence-electron chi connectivity index (χ2n) is 4.96. The molecule has 2 N–H and O–H groups in total. The molecule has 0 aliphatic rings. The number of methoxy groups -OCH3 is 2. The minimum absolute atomic E-state index is 0.0786.